The first-order valence-electron chi connectivity index (χ1n) is 7.10. The van der Waals surface area contributed by atoms with E-state index in [1.165, 1.54) is 51.4 Å². The van der Waals surface area contributed by atoms with Crippen LogP contribution in [0, 0.1) is 0 Å². The minimum Gasteiger partial charge on any atom is -0.453 e. The third-order valence-corrected chi connectivity index (χ3v) is 3.02. The first-order valence-corrected chi connectivity index (χ1v) is 7.10. The van der Waals surface area contributed by atoms with Crippen LogP contribution < -0.4 is 0 Å². The van der Waals surface area contributed by atoms with Crippen LogP contribution >= 0.6 is 0 Å². The fraction of sp³-hybridized carbons (Fsp3) is 1.00. The zero-order chi connectivity index (χ0) is 12.8. The van der Waals surface area contributed by atoms with Crippen molar-refractivity contribution >= 4 is 14.8 Å². The lowest BCUT2D eigenvalue weighted by Gasteiger charge is -2.04. The van der Waals surface area contributed by atoms with Gasteiger partial charge in [-0.3, -0.25) is 0 Å². The lowest BCUT2D eigenvalue weighted by molar-refractivity contribution is 0.376. The van der Waals surface area contributed by atoms with Crippen LogP contribution in [0.3, 0.4) is 0 Å². The quantitative estimate of drug-likeness (QED) is 0.385. The van der Waals surface area contributed by atoms with Gasteiger partial charge in [0.05, 0.1) is 0 Å². The van der Waals surface area contributed by atoms with Gasteiger partial charge in [0.25, 0.3) is 0 Å². The van der Waals surface area contributed by atoms with E-state index in [1.807, 2.05) is 0 Å². The van der Waals surface area contributed by atoms with Crippen molar-refractivity contribution < 1.29 is 14.6 Å². The van der Waals surface area contributed by atoms with Gasteiger partial charge in [-0.05, 0) is 6.32 Å². The van der Waals surface area contributed by atoms with Gasteiger partial charge < -0.3 is 14.6 Å². The first kappa shape index (κ1) is 17.0. The lowest BCUT2D eigenvalue weighted by Crippen LogP contribution is -2.19. The largest absolute Gasteiger partial charge is 0.470 e. The van der Waals surface area contributed by atoms with Crippen LogP contribution in [0.25, 0.3) is 0 Å². The minimum atomic E-state index is -0.839. The van der Waals surface area contributed by atoms with Crippen molar-refractivity contribution in [3.05, 3.63) is 0 Å². The SMILES string of the molecule is CCCCCCCCCCCCB(O)O[B]O. The maximum absolute atomic E-state index is 9.16. The fourth-order valence-corrected chi connectivity index (χ4v) is 1.94. The molecule has 0 heterocycles. The highest BCUT2D eigenvalue weighted by Gasteiger charge is 2.11. The van der Waals surface area contributed by atoms with Crippen LogP contribution in [0.15, 0.2) is 0 Å². The van der Waals surface area contributed by atoms with Gasteiger partial charge in [-0.25, -0.2) is 0 Å². The number of hydrogen-bond acceptors (Lipinski definition) is 3. The van der Waals surface area contributed by atoms with E-state index in [0.717, 1.165) is 12.8 Å². The molecule has 17 heavy (non-hydrogen) atoms. The summed E-state index contributed by atoms with van der Waals surface area (Å²) in [7, 11) is -0.282. The van der Waals surface area contributed by atoms with E-state index in [2.05, 4.69) is 11.5 Å². The molecule has 99 valence electrons. The second-order valence-corrected chi connectivity index (χ2v) is 4.67. The number of unbranched alkanes of at least 4 members (excludes halogenated alkanes) is 9. The van der Waals surface area contributed by atoms with Crippen molar-refractivity contribution in [3.8, 4) is 0 Å². The highest BCUT2D eigenvalue weighted by molar-refractivity contribution is 6.49. The summed E-state index contributed by atoms with van der Waals surface area (Å²) in [5.74, 6) is 0. The number of rotatable bonds is 13. The summed E-state index contributed by atoms with van der Waals surface area (Å²) in [5.41, 5.74) is 0. The van der Waals surface area contributed by atoms with Gasteiger partial charge in [0, 0.05) is 0 Å². The van der Waals surface area contributed by atoms with Crippen molar-refractivity contribution in [3.63, 3.8) is 0 Å². The molecular formula is C12H27B2O3. The minimum absolute atomic E-state index is 0.557. The fourth-order valence-electron chi connectivity index (χ4n) is 1.94. The summed E-state index contributed by atoms with van der Waals surface area (Å²) >= 11 is 0. The molecule has 0 unspecified atom stereocenters. The van der Waals surface area contributed by atoms with Crippen molar-refractivity contribution in [2.24, 2.45) is 0 Å². The molecule has 0 aliphatic carbocycles. The van der Waals surface area contributed by atoms with E-state index in [4.69, 9.17) is 10.0 Å². The molecule has 0 fully saturated rings. The van der Waals surface area contributed by atoms with Crippen LogP contribution in [0.5, 0.6) is 0 Å². The zero-order valence-electron chi connectivity index (χ0n) is 11.2. The molecule has 0 aliphatic heterocycles. The average molecular weight is 241 g/mol. The van der Waals surface area contributed by atoms with Crippen LogP contribution in [0.2, 0.25) is 6.32 Å². The Labute approximate surface area is 107 Å². The summed E-state index contributed by atoms with van der Waals surface area (Å²) in [6, 6.07) is 0. The second-order valence-electron chi connectivity index (χ2n) is 4.67. The molecule has 2 N–H and O–H groups in total. The molecule has 0 spiro atoms. The van der Waals surface area contributed by atoms with E-state index >= 15 is 0 Å². The van der Waals surface area contributed by atoms with Gasteiger partial charge in [-0.1, -0.05) is 71.1 Å². The molecule has 0 aliphatic rings. The zero-order valence-corrected chi connectivity index (χ0v) is 11.2. The Morgan fingerprint density at radius 3 is 1.82 bits per heavy atom. The van der Waals surface area contributed by atoms with E-state index in [-0.39, 0.29) is 0 Å². The summed E-state index contributed by atoms with van der Waals surface area (Å²) in [4.78, 5) is 0. The molecule has 0 bridgehead atoms. The van der Waals surface area contributed by atoms with Crippen LogP contribution in [0.1, 0.15) is 71.1 Å². The Balaban J connectivity index is 2.98. The number of hydrogen-bond donors (Lipinski definition) is 2. The third-order valence-electron chi connectivity index (χ3n) is 3.02. The molecule has 1 radical (unpaired) electrons. The van der Waals surface area contributed by atoms with Crippen molar-refractivity contribution in [1.82, 2.24) is 0 Å². The Morgan fingerprint density at radius 2 is 1.35 bits per heavy atom. The molecule has 0 amide bonds. The van der Waals surface area contributed by atoms with Gasteiger partial charge in [0.1, 0.15) is 0 Å². The Kier molecular flexibility index (Phi) is 14.1. The molecule has 5 heteroatoms. The smallest absolute Gasteiger partial charge is 0.453 e. The lowest BCUT2D eigenvalue weighted by atomic mass is 9.81. The van der Waals surface area contributed by atoms with Crippen molar-refractivity contribution in [2.75, 3.05) is 0 Å². The molecule has 0 aromatic rings. The molecule has 0 rings (SSSR count). The van der Waals surface area contributed by atoms with Crippen LogP contribution in [0.4, 0.5) is 0 Å². The summed E-state index contributed by atoms with van der Waals surface area (Å²) in [6.45, 7) is 2.24. The Morgan fingerprint density at radius 1 is 0.882 bits per heavy atom. The van der Waals surface area contributed by atoms with E-state index in [9.17, 15) is 0 Å². The maximum Gasteiger partial charge on any atom is 0.470 e. The van der Waals surface area contributed by atoms with Gasteiger partial charge in [0.2, 0.25) is 0 Å². The van der Waals surface area contributed by atoms with Crippen molar-refractivity contribution in [1.29, 1.82) is 0 Å². The van der Waals surface area contributed by atoms with Crippen LogP contribution in [-0.2, 0) is 4.57 Å². The molecule has 0 saturated heterocycles. The van der Waals surface area contributed by atoms with Gasteiger partial charge in [-0.15, -0.1) is 0 Å². The molecule has 0 aromatic carbocycles. The third kappa shape index (κ3) is 13.9. The molecular weight excluding hydrogens is 214 g/mol. The van der Waals surface area contributed by atoms with Gasteiger partial charge >= 0.3 is 14.8 Å². The molecule has 0 atom stereocenters. The summed E-state index contributed by atoms with van der Waals surface area (Å²) < 4.78 is 4.51. The predicted octanol–water partition coefficient (Wildman–Crippen LogP) is 2.93. The summed E-state index contributed by atoms with van der Waals surface area (Å²) in [6.07, 6.45) is 13.4. The molecule has 3 nitrogen and oxygen atoms in total. The van der Waals surface area contributed by atoms with E-state index in [0.29, 0.717) is 14.0 Å². The predicted molar refractivity (Wildman–Crippen MR) is 73.7 cm³/mol. The monoisotopic (exact) mass is 241 g/mol. The highest BCUT2D eigenvalue weighted by Crippen LogP contribution is 2.11. The first-order chi connectivity index (χ1) is 8.31. The second kappa shape index (κ2) is 14.1. The normalized spacial score (nSPS) is 10.5. The van der Waals surface area contributed by atoms with E-state index in [1.54, 1.807) is 0 Å². The average Bonchev–Trinajstić information content (AvgIpc) is 2.32. The van der Waals surface area contributed by atoms with Crippen LogP contribution in [-0.4, -0.2) is 24.9 Å². The Bertz CT molecular complexity index is 148. The van der Waals surface area contributed by atoms with E-state index < -0.39 is 7.12 Å². The Hall–Kier alpha value is 0.00987. The topological polar surface area (TPSA) is 49.7 Å². The standard InChI is InChI=1S/C12H27B2O3/c1-2-3-4-5-6-7-8-9-10-11-12-14(16)17-13-15/h15-16H,2-12H2,1H3. The maximum atomic E-state index is 9.16. The van der Waals surface area contributed by atoms with Gasteiger partial charge in [-0.2, -0.15) is 0 Å². The molecule has 0 saturated carbocycles. The molecule has 0 aromatic heterocycles. The van der Waals surface area contributed by atoms with Gasteiger partial charge in [0.15, 0.2) is 0 Å². The summed E-state index contributed by atoms with van der Waals surface area (Å²) in [5, 5.41) is 17.4. The highest BCUT2D eigenvalue weighted by atomic mass is 16.5. The van der Waals surface area contributed by atoms with Crippen molar-refractivity contribution in [2.45, 2.75) is 77.5 Å².